The Bertz CT molecular complexity index is 480. The van der Waals surface area contributed by atoms with Crippen LogP contribution in [0.4, 0.5) is 0 Å². The summed E-state index contributed by atoms with van der Waals surface area (Å²) in [5, 5.41) is 8.11. The minimum Gasteiger partial charge on any atom is -0.320 e. The monoisotopic (exact) mass is 213 g/mol. The van der Waals surface area contributed by atoms with Gasteiger partial charge in [0.2, 0.25) is 0 Å². The molecule has 0 saturated carbocycles. The molecule has 2 aromatic rings. The maximum Gasteiger partial charge on any atom is 0.0651 e. The van der Waals surface area contributed by atoms with Crippen LogP contribution in [-0.2, 0) is 0 Å². The number of hydrogen-bond donors (Lipinski definition) is 1. The van der Waals surface area contributed by atoms with Crippen LogP contribution in [-0.4, -0.2) is 10.2 Å². The first-order valence-electron chi connectivity index (χ1n) is 5.30. The van der Waals surface area contributed by atoms with Crippen molar-refractivity contribution in [3.63, 3.8) is 0 Å². The van der Waals surface area contributed by atoms with Crippen molar-refractivity contribution in [3.05, 3.63) is 58.9 Å². The second-order valence-corrected chi connectivity index (χ2v) is 3.91. The first-order chi connectivity index (χ1) is 7.68. The van der Waals surface area contributed by atoms with Crippen molar-refractivity contribution < 1.29 is 0 Å². The van der Waals surface area contributed by atoms with Gasteiger partial charge in [0.05, 0.1) is 17.4 Å². The SMILES string of the molecule is Cc1cc(C(N)c2ccccc2)c(C)nn1. The summed E-state index contributed by atoms with van der Waals surface area (Å²) in [6.45, 7) is 3.86. The highest BCUT2D eigenvalue weighted by Crippen LogP contribution is 2.21. The van der Waals surface area contributed by atoms with Gasteiger partial charge in [-0.2, -0.15) is 10.2 Å². The third-order valence-corrected chi connectivity index (χ3v) is 2.63. The fourth-order valence-electron chi connectivity index (χ4n) is 1.72. The number of rotatable bonds is 2. The number of benzene rings is 1. The summed E-state index contributed by atoms with van der Waals surface area (Å²) < 4.78 is 0. The van der Waals surface area contributed by atoms with Gasteiger partial charge in [-0.1, -0.05) is 30.3 Å². The molecule has 2 rings (SSSR count). The lowest BCUT2D eigenvalue weighted by molar-refractivity contribution is 0.813. The molecule has 0 spiro atoms. The van der Waals surface area contributed by atoms with Gasteiger partial charge in [-0.15, -0.1) is 0 Å². The highest BCUT2D eigenvalue weighted by atomic mass is 15.1. The van der Waals surface area contributed by atoms with Gasteiger partial charge >= 0.3 is 0 Å². The van der Waals surface area contributed by atoms with Crippen molar-refractivity contribution in [1.82, 2.24) is 10.2 Å². The van der Waals surface area contributed by atoms with E-state index in [0.29, 0.717) is 0 Å². The summed E-state index contributed by atoms with van der Waals surface area (Å²) >= 11 is 0. The minimum atomic E-state index is -0.129. The van der Waals surface area contributed by atoms with Crippen molar-refractivity contribution in [1.29, 1.82) is 0 Å². The van der Waals surface area contributed by atoms with E-state index < -0.39 is 0 Å². The van der Waals surface area contributed by atoms with Crippen molar-refractivity contribution in [2.75, 3.05) is 0 Å². The van der Waals surface area contributed by atoms with Gasteiger partial charge in [-0.05, 0) is 31.0 Å². The Morgan fingerprint density at radius 3 is 2.44 bits per heavy atom. The Balaban J connectivity index is 2.41. The first kappa shape index (κ1) is 10.8. The van der Waals surface area contributed by atoms with Crippen LogP contribution in [0.25, 0.3) is 0 Å². The molecule has 1 aromatic heterocycles. The molecule has 1 unspecified atom stereocenters. The lowest BCUT2D eigenvalue weighted by atomic mass is 9.99. The molecule has 0 saturated heterocycles. The van der Waals surface area contributed by atoms with Gasteiger partial charge in [-0.3, -0.25) is 0 Å². The van der Waals surface area contributed by atoms with E-state index in [2.05, 4.69) is 10.2 Å². The summed E-state index contributed by atoms with van der Waals surface area (Å²) in [4.78, 5) is 0. The van der Waals surface area contributed by atoms with Gasteiger partial charge in [0, 0.05) is 0 Å². The van der Waals surface area contributed by atoms with E-state index in [-0.39, 0.29) is 6.04 Å². The van der Waals surface area contributed by atoms with Gasteiger partial charge in [0.15, 0.2) is 0 Å². The fraction of sp³-hybridized carbons (Fsp3) is 0.231. The zero-order chi connectivity index (χ0) is 11.5. The third kappa shape index (κ3) is 2.09. The molecule has 16 heavy (non-hydrogen) atoms. The molecule has 0 aliphatic rings. The summed E-state index contributed by atoms with van der Waals surface area (Å²) in [6, 6.07) is 11.9. The van der Waals surface area contributed by atoms with Crippen LogP contribution in [0.15, 0.2) is 36.4 Å². The van der Waals surface area contributed by atoms with E-state index in [1.54, 1.807) is 0 Å². The molecule has 1 heterocycles. The van der Waals surface area contributed by atoms with Crippen LogP contribution >= 0.6 is 0 Å². The number of aryl methyl sites for hydroxylation is 2. The molecule has 0 radical (unpaired) electrons. The highest BCUT2D eigenvalue weighted by molar-refractivity contribution is 5.33. The molecular weight excluding hydrogens is 198 g/mol. The molecule has 0 amide bonds. The Morgan fingerprint density at radius 1 is 1.06 bits per heavy atom. The van der Waals surface area contributed by atoms with E-state index in [9.17, 15) is 0 Å². The zero-order valence-corrected chi connectivity index (χ0v) is 9.51. The molecule has 1 atom stereocenters. The van der Waals surface area contributed by atoms with Crippen LogP contribution in [0, 0.1) is 13.8 Å². The number of aromatic nitrogens is 2. The molecule has 0 fully saturated rings. The smallest absolute Gasteiger partial charge is 0.0651 e. The average molecular weight is 213 g/mol. The second-order valence-electron chi connectivity index (χ2n) is 3.91. The summed E-state index contributed by atoms with van der Waals surface area (Å²) in [6.07, 6.45) is 0. The quantitative estimate of drug-likeness (QED) is 0.831. The maximum atomic E-state index is 6.22. The Labute approximate surface area is 95.3 Å². The molecule has 3 heteroatoms. The minimum absolute atomic E-state index is 0.129. The van der Waals surface area contributed by atoms with Gasteiger partial charge < -0.3 is 5.73 Å². The van der Waals surface area contributed by atoms with E-state index in [1.807, 2.05) is 50.2 Å². The normalized spacial score (nSPS) is 12.4. The van der Waals surface area contributed by atoms with Crippen LogP contribution in [0.2, 0.25) is 0 Å². The zero-order valence-electron chi connectivity index (χ0n) is 9.51. The highest BCUT2D eigenvalue weighted by Gasteiger charge is 2.12. The van der Waals surface area contributed by atoms with Gasteiger partial charge in [0.1, 0.15) is 0 Å². The molecule has 1 aromatic carbocycles. The molecule has 3 nitrogen and oxygen atoms in total. The van der Waals surface area contributed by atoms with Crippen molar-refractivity contribution in [3.8, 4) is 0 Å². The van der Waals surface area contributed by atoms with Crippen LogP contribution < -0.4 is 5.73 Å². The molecule has 82 valence electrons. The fourth-order valence-corrected chi connectivity index (χ4v) is 1.72. The standard InChI is InChI=1S/C13H15N3/c1-9-8-12(10(2)16-15-9)13(14)11-6-4-3-5-7-11/h3-8,13H,14H2,1-2H3. The van der Waals surface area contributed by atoms with Gasteiger partial charge in [-0.25, -0.2) is 0 Å². The number of nitrogens with zero attached hydrogens (tertiary/aromatic N) is 2. The second kappa shape index (κ2) is 4.41. The maximum absolute atomic E-state index is 6.22. The van der Waals surface area contributed by atoms with E-state index in [4.69, 9.17) is 5.73 Å². The predicted molar refractivity (Wildman–Crippen MR) is 64.0 cm³/mol. The average Bonchev–Trinajstić information content (AvgIpc) is 2.32. The van der Waals surface area contributed by atoms with E-state index in [1.165, 1.54) is 0 Å². The molecule has 0 bridgehead atoms. The van der Waals surface area contributed by atoms with Crippen LogP contribution in [0.3, 0.4) is 0 Å². The first-order valence-corrected chi connectivity index (χ1v) is 5.30. The van der Waals surface area contributed by atoms with Crippen molar-refractivity contribution in [2.45, 2.75) is 19.9 Å². The number of nitrogens with two attached hydrogens (primary N) is 1. The van der Waals surface area contributed by atoms with Crippen molar-refractivity contribution in [2.24, 2.45) is 5.73 Å². The van der Waals surface area contributed by atoms with E-state index >= 15 is 0 Å². The van der Waals surface area contributed by atoms with Gasteiger partial charge in [0.25, 0.3) is 0 Å². The third-order valence-electron chi connectivity index (χ3n) is 2.63. The topological polar surface area (TPSA) is 51.8 Å². The Morgan fingerprint density at radius 2 is 1.75 bits per heavy atom. The number of hydrogen-bond acceptors (Lipinski definition) is 3. The Kier molecular flexibility index (Phi) is 2.97. The summed E-state index contributed by atoms with van der Waals surface area (Å²) in [5.41, 5.74) is 10.1. The molecule has 2 N–H and O–H groups in total. The largest absolute Gasteiger partial charge is 0.320 e. The van der Waals surface area contributed by atoms with Crippen LogP contribution in [0.5, 0.6) is 0 Å². The Hall–Kier alpha value is -1.74. The lowest BCUT2D eigenvalue weighted by Gasteiger charge is -2.14. The summed E-state index contributed by atoms with van der Waals surface area (Å²) in [5.74, 6) is 0. The van der Waals surface area contributed by atoms with E-state index in [0.717, 1.165) is 22.5 Å². The molecule has 0 aliphatic carbocycles. The lowest BCUT2D eigenvalue weighted by Crippen LogP contribution is -2.14. The van der Waals surface area contributed by atoms with Crippen molar-refractivity contribution >= 4 is 0 Å². The predicted octanol–water partition coefficient (Wildman–Crippen LogP) is 2.14. The molecular formula is C13H15N3. The van der Waals surface area contributed by atoms with Crippen LogP contribution in [0.1, 0.15) is 28.6 Å². The summed E-state index contributed by atoms with van der Waals surface area (Å²) in [7, 11) is 0. The molecule has 0 aliphatic heterocycles.